The summed E-state index contributed by atoms with van der Waals surface area (Å²) in [6.45, 7) is 0. The summed E-state index contributed by atoms with van der Waals surface area (Å²) in [4.78, 5) is 20.6. The SMILES string of the molecule is c1ccc(-c2nc(-c3ccccc3)nc(-c3cc(-c4c5nc(-c6ccccc6)sc5cc5oc6ccccc6c45)cc4ccccc34)n2)cc1. The summed E-state index contributed by atoms with van der Waals surface area (Å²) < 4.78 is 7.58. The van der Waals surface area contributed by atoms with Crippen molar-refractivity contribution in [2.45, 2.75) is 0 Å². The van der Waals surface area contributed by atoms with E-state index in [-0.39, 0.29) is 0 Å². The standard InChI is InChI=1S/C44H26N4OS/c1-4-14-27(15-5-1)41-46-42(28-16-6-2-7-17-28)48-43(47-41)34-25-31(24-30-20-10-11-21-32(30)34)38-39-33-22-12-13-23-35(33)49-36(39)26-37-40(38)45-44(50-37)29-18-8-3-9-19-29/h1-26H. The molecule has 0 spiro atoms. The molecule has 0 aliphatic carbocycles. The Bertz CT molecular complexity index is 2810. The van der Waals surface area contributed by atoms with Crippen molar-refractivity contribution in [1.29, 1.82) is 0 Å². The topological polar surface area (TPSA) is 64.7 Å². The van der Waals surface area contributed by atoms with Crippen LogP contribution >= 0.6 is 11.3 Å². The average Bonchev–Trinajstić information content (AvgIpc) is 3.79. The number of nitrogens with zero attached hydrogens (tertiary/aromatic N) is 4. The minimum Gasteiger partial charge on any atom is -0.456 e. The van der Waals surface area contributed by atoms with E-state index in [0.717, 1.165) is 81.3 Å². The van der Waals surface area contributed by atoms with Crippen LogP contribution in [0, 0.1) is 0 Å². The molecule has 5 nitrogen and oxygen atoms in total. The number of benzene rings is 7. The van der Waals surface area contributed by atoms with Crippen molar-refractivity contribution in [3.05, 3.63) is 158 Å². The maximum Gasteiger partial charge on any atom is 0.164 e. The van der Waals surface area contributed by atoms with Crippen LogP contribution in [0.1, 0.15) is 0 Å². The molecule has 0 bridgehead atoms. The predicted octanol–water partition coefficient (Wildman–Crippen LogP) is 11.9. The lowest BCUT2D eigenvalue weighted by molar-refractivity contribution is 0.669. The highest BCUT2D eigenvalue weighted by atomic mass is 32.1. The molecule has 3 heterocycles. The van der Waals surface area contributed by atoms with Crippen molar-refractivity contribution >= 4 is 54.3 Å². The van der Waals surface area contributed by atoms with Crippen molar-refractivity contribution in [1.82, 2.24) is 19.9 Å². The lowest BCUT2D eigenvalue weighted by Gasteiger charge is -2.13. The maximum absolute atomic E-state index is 6.52. The second-order valence-electron chi connectivity index (χ2n) is 12.2. The van der Waals surface area contributed by atoms with Crippen molar-refractivity contribution in [2.24, 2.45) is 0 Å². The third-order valence-corrected chi connectivity index (χ3v) is 10.2. The molecule has 6 heteroatoms. The Morgan fingerprint density at radius 3 is 1.72 bits per heavy atom. The number of hydrogen-bond donors (Lipinski definition) is 0. The third kappa shape index (κ3) is 4.77. The van der Waals surface area contributed by atoms with E-state index in [1.807, 2.05) is 78.9 Å². The molecule has 0 aliphatic heterocycles. The highest BCUT2D eigenvalue weighted by Gasteiger charge is 2.22. The molecule has 0 amide bonds. The molecule has 10 aromatic rings. The molecular weight excluding hydrogens is 633 g/mol. The van der Waals surface area contributed by atoms with Crippen LogP contribution in [0.15, 0.2) is 162 Å². The van der Waals surface area contributed by atoms with E-state index in [2.05, 4.69) is 78.9 Å². The molecule has 0 fully saturated rings. The molecule has 0 N–H and O–H groups in total. The number of furan rings is 1. The number of aromatic nitrogens is 4. The Morgan fingerprint density at radius 1 is 0.440 bits per heavy atom. The Hall–Kier alpha value is -6.50. The monoisotopic (exact) mass is 658 g/mol. The van der Waals surface area contributed by atoms with Gasteiger partial charge in [0, 0.05) is 44.7 Å². The van der Waals surface area contributed by atoms with E-state index in [0.29, 0.717) is 17.5 Å². The molecule has 0 atom stereocenters. The molecular formula is C44H26N4OS. The van der Waals surface area contributed by atoms with Gasteiger partial charge in [0.05, 0.1) is 10.2 Å². The normalized spacial score (nSPS) is 11.6. The Labute approximate surface area is 291 Å². The predicted molar refractivity (Wildman–Crippen MR) is 205 cm³/mol. The quantitative estimate of drug-likeness (QED) is 0.184. The summed E-state index contributed by atoms with van der Waals surface area (Å²) in [6.07, 6.45) is 0. The van der Waals surface area contributed by atoms with Crippen molar-refractivity contribution in [2.75, 3.05) is 0 Å². The maximum atomic E-state index is 6.52. The second kappa shape index (κ2) is 11.6. The van der Waals surface area contributed by atoms with Crippen LogP contribution in [0.3, 0.4) is 0 Å². The zero-order valence-electron chi connectivity index (χ0n) is 26.6. The summed E-state index contributed by atoms with van der Waals surface area (Å²) in [6, 6.07) is 53.9. The number of hydrogen-bond acceptors (Lipinski definition) is 6. The Balaban J connectivity index is 1.29. The Kier molecular flexibility index (Phi) is 6.60. The number of para-hydroxylation sites is 1. The van der Waals surface area contributed by atoms with E-state index < -0.39 is 0 Å². The van der Waals surface area contributed by atoms with Crippen molar-refractivity contribution in [3.8, 4) is 55.9 Å². The highest BCUT2D eigenvalue weighted by molar-refractivity contribution is 7.21. The molecule has 3 aromatic heterocycles. The van der Waals surface area contributed by atoms with Crippen LogP contribution in [0.2, 0.25) is 0 Å². The van der Waals surface area contributed by atoms with E-state index >= 15 is 0 Å². The van der Waals surface area contributed by atoms with Crippen molar-refractivity contribution < 1.29 is 4.42 Å². The van der Waals surface area contributed by atoms with E-state index in [1.54, 1.807) is 11.3 Å². The van der Waals surface area contributed by atoms with Gasteiger partial charge in [0.25, 0.3) is 0 Å². The first-order valence-corrected chi connectivity index (χ1v) is 17.3. The van der Waals surface area contributed by atoms with Gasteiger partial charge >= 0.3 is 0 Å². The number of thiazole rings is 1. The van der Waals surface area contributed by atoms with Gasteiger partial charge in [-0.3, -0.25) is 0 Å². The molecule has 0 saturated heterocycles. The third-order valence-electron chi connectivity index (χ3n) is 9.14. The number of rotatable bonds is 5. The first-order valence-electron chi connectivity index (χ1n) is 16.5. The summed E-state index contributed by atoms with van der Waals surface area (Å²) in [7, 11) is 0. The lowest BCUT2D eigenvalue weighted by Crippen LogP contribution is -2.01. The van der Waals surface area contributed by atoms with Crippen LogP contribution in [0.25, 0.3) is 98.8 Å². The van der Waals surface area contributed by atoms with Gasteiger partial charge in [-0.15, -0.1) is 11.3 Å². The summed E-state index contributed by atoms with van der Waals surface area (Å²) >= 11 is 1.68. The van der Waals surface area contributed by atoms with Gasteiger partial charge in [0.2, 0.25) is 0 Å². The van der Waals surface area contributed by atoms with Gasteiger partial charge in [0.1, 0.15) is 16.2 Å². The van der Waals surface area contributed by atoms with E-state index in [9.17, 15) is 0 Å². The van der Waals surface area contributed by atoms with E-state index in [1.165, 1.54) is 0 Å². The molecule has 0 radical (unpaired) electrons. The molecule has 10 rings (SSSR count). The summed E-state index contributed by atoms with van der Waals surface area (Å²) in [5.41, 5.74) is 8.57. The van der Waals surface area contributed by atoms with Gasteiger partial charge in [-0.1, -0.05) is 133 Å². The van der Waals surface area contributed by atoms with Gasteiger partial charge in [-0.25, -0.2) is 19.9 Å². The largest absolute Gasteiger partial charge is 0.456 e. The first-order chi connectivity index (χ1) is 24.8. The molecule has 0 aliphatic rings. The lowest BCUT2D eigenvalue weighted by atomic mass is 9.93. The van der Waals surface area contributed by atoms with Crippen LogP contribution in [0.5, 0.6) is 0 Å². The van der Waals surface area contributed by atoms with Gasteiger partial charge in [0.15, 0.2) is 17.5 Å². The molecule has 7 aromatic carbocycles. The Morgan fingerprint density at radius 2 is 1.02 bits per heavy atom. The molecule has 0 saturated carbocycles. The highest BCUT2D eigenvalue weighted by Crippen LogP contribution is 2.46. The molecule has 234 valence electrons. The fraction of sp³-hybridized carbons (Fsp3) is 0. The summed E-state index contributed by atoms with van der Waals surface area (Å²) in [5.74, 6) is 1.86. The molecule has 0 unspecified atom stereocenters. The summed E-state index contributed by atoms with van der Waals surface area (Å²) in [5, 5.41) is 5.21. The van der Waals surface area contributed by atoms with Gasteiger partial charge < -0.3 is 4.42 Å². The fourth-order valence-electron chi connectivity index (χ4n) is 6.82. The zero-order valence-corrected chi connectivity index (χ0v) is 27.4. The van der Waals surface area contributed by atoms with Gasteiger partial charge in [-0.05, 0) is 34.5 Å². The average molecular weight is 659 g/mol. The van der Waals surface area contributed by atoms with Crippen LogP contribution in [-0.2, 0) is 0 Å². The molecule has 50 heavy (non-hydrogen) atoms. The van der Waals surface area contributed by atoms with Gasteiger partial charge in [-0.2, -0.15) is 0 Å². The van der Waals surface area contributed by atoms with Crippen LogP contribution < -0.4 is 0 Å². The zero-order chi connectivity index (χ0) is 33.0. The van der Waals surface area contributed by atoms with Crippen LogP contribution in [-0.4, -0.2) is 19.9 Å². The number of fused-ring (bicyclic) bond motifs is 5. The minimum atomic E-state index is 0.611. The van der Waals surface area contributed by atoms with Crippen molar-refractivity contribution in [3.63, 3.8) is 0 Å². The minimum absolute atomic E-state index is 0.611. The fourth-order valence-corrected chi connectivity index (χ4v) is 7.83. The first kappa shape index (κ1) is 28.5. The second-order valence-corrected chi connectivity index (χ2v) is 13.3. The smallest absolute Gasteiger partial charge is 0.164 e. The van der Waals surface area contributed by atoms with Crippen LogP contribution in [0.4, 0.5) is 0 Å². The van der Waals surface area contributed by atoms with E-state index in [4.69, 9.17) is 24.4 Å².